The lowest BCUT2D eigenvalue weighted by Crippen LogP contribution is -2.18. The van der Waals surface area contributed by atoms with Crippen LogP contribution in [0.4, 0.5) is 22.0 Å². The number of ether oxygens (including phenoxy) is 1. The van der Waals surface area contributed by atoms with Gasteiger partial charge in [-0.1, -0.05) is 0 Å². The van der Waals surface area contributed by atoms with Gasteiger partial charge in [0.25, 0.3) is 6.43 Å². The fraction of sp³-hybridized carbons (Fsp3) is 0.300. The molecule has 102 valence electrons. The lowest BCUT2D eigenvalue weighted by atomic mass is 10.0. The number of rotatable bonds is 2. The van der Waals surface area contributed by atoms with E-state index in [1.165, 1.54) is 0 Å². The molecule has 1 aromatic heterocycles. The summed E-state index contributed by atoms with van der Waals surface area (Å²) in [5.41, 5.74) is -5.78. The Kier molecular flexibility index (Phi) is 4.04. The van der Waals surface area contributed by atoms with Gasteiger partial charge in [-0.2, -0.15) is 18.4 Å². The van der Waals surface area contributed by atoms with Crippen LogP contribution in [-0.2, 0) is 10.9 Å². The summed E-state index contributed by atoms with van der Waals surface area (Å²) in [6, 6.07) is 1.06. The first-order valence-corrected chi connectivity index (χ1v) is 4.60. The molecule has 1 heterocycles. The molecule has 0 aliphatic rings. The second-order valence-electron chi connectivity index (χ2n) is 3.21. The van der Waals surface area contributed by atoms with Gasteiger partial charge in [-0.05, 0) is 0 Å². The van der Waals surface area contributed by atoms with Crippen LogP contribution in [0.15, 0.2) is 6.20 Å². The van der Waals surface area contributed by atoms with Crippen LogP contribution < -0.4 is 0 Å². The van der Waals surface area contributed by atoms with Crippen LogP contribution >= 0.6 is 0 Å². The predicted octanol–water partition coefficient (Wildman–Crippen LogP) is 2.70. The Labute approximate surface area is 103 Å². The molecule has 0 aromatic carbocycles. The van der Waals surface area contributed by atoms with Gasteiger partial charge >= 0.3 is 12.1 Å². The number of methoxy groups -OCH3 is 1. The van der Waals surface area contributed by atoms with Gasteiger partial charge in [0, 0.05) is 11.8 Å². The van der Waals surface area contributed by atoms with Crippen molar-refractivity contribution in [1.82, 2.24) is 4.98 Å². The highest BCUT2D eigenvalue weighted by molar-refractivity contribution is 5.91. The maximum atomic E-state index is 12.8. The highest BCUT2D eigenvalue weighted by Crippen LogP contribution is 2.39. The number of hydrogen-bond donors (Lipinski definition) is 0. The number of carbonyl (C=O) groups is 1. The summed E-state index contributed by atoms with van der Waals surface area (Å²) in [6.07, 6.45) is -8.39. The molecule has 0 atom stereocenters. The van der Waals surface area contributed by atoms with Gasteiger partial charge in [-0.3, -0.25) is 0 Å². The summed E-state index contributed by atoms with van der Waals surface area (Å²) >= 11 is 0. The zero-order valence-electron chi connectivity index (χ0n) is 9.26. The minimum atomic E-state index is -5.24. The Balaban J connectivity index is 3.75. The number of carbonyl (C=O) groups excluding carboxylic acids is 1. The molecule has 1 rings (SSSR count). The van der Waals surface area contributed by atoms with Crippen LogP contribution in [0.5, 0.6) is 0 Å². The Morgan fingerprint density at radius 1 is 1.47 bits per heavy atom. The van der Waals surface area contributed by atoms with Crippen LogP contribution in [0.2, 0.25) is 0 Å². The van der Waals surface area contributed by atoms with Crippen molar-refractivity contribution in [2.75, 3.05) is 7.11 Å². The van der Waals surface area contributed by atoms with E-state index >= 15 is 0 Å². The van der Waals surface area contributed by atoms with Crippen molar-refractivity contribution in [2.24, 2.45) is 0 Å². The van der Waals surface area contributed by atoms with E-state index in [9.17, 15) is 26.7 Å². The predicted molar refractivity (Wildman–Crippen MR) is 50.3 cm³/mol. The fourth-order valence-electron chi connectivity index (χ4n) is 1.40. The standard InChI is InChI=1S/C10H5F5N2O2/c1-19-9(18)4-3-17-5(2-16)7(10(13,14)15)6(4)8(11)12/h3,8H,1H3. The van der Waals surface area contributed by atoms with Crippen LogP contribution in [0.3, 0.4) is 0 Å². The number of pyridine rings is 1. The number of aromatic nitrogens is 1. The van der Waals surface area contributed by atoms with E-state index in [1.54, 1.807) is 0 Å². The van der Waals surface area contributed by atoms with E-state index in [0.29, 0.717) is 6.20 Å². The van der Waals surface area contributed by atoms with E-state index in [0.717, 1.165) is 13.2 Å². The van der Waals surface area contributed by atoms with Crippen molar-refractivity contribution in [3.63, 3.8) is 0 Å². The van der Waals surface area contributed by atoms with Gasteiger partial charge in [0.2, 0.25) is 0 Å². The number of nitriles is 1. The van der Waals surface area contributed by atoms with Crippen LogP contribution in [0.1, 0.15) is 33.6 Å². The number of hydrogen-bond acceptors (Lipinski definition) is 4. The molecule has 0 spiro atoms. The molecule has 0 unspecified atom stereocenters. The summed E-state index contributed by atoms with van der Waals surface area (Å²) in [5.74, 6) is -1.39. The quantitative estimate of drug-likeness (QED) is 0.617. The van der Waals surface area contributed by atoms with Crippen LogP contribution in [0.25, 0.3) is 0 Å². The average Bonchev–Trinajstić information content (AvgIpc) is 2.34. The normalized spacial score (nSPS) is 11.3. The first-order chi connectivity index (χ1) is 8.73. The van der Waals surface area contributed by atoms with Crippen molar-refractivity contribution in [1.29, 1.82) is 5.26 Å². The summed E-state index contributed by atoms with van der Waals surface area (Å²) in [7, 11) is 0.822. The first-order valence-electron chi connectivity index (χ1n) is 4.60. The largest absolute Gasteiger partial charge is 0.465 e. The Bertz CT molecular complexity index is 548. The zero-order valence-corrected chi connectivity index (χ0v) is 9.26. The van der Waals surface area contributed by atoms with Gasteiger partial charge in [-0.15, -0.1) is 0 Å². The average molecular weight is 280 g/mol. The van der Waals surface area contributed by atoms with Crippen LogP contribution in [-0.4, -0.2) is 18.1 Å². The number of nitrogens with zero attached hydrogens (tertiary/aromatic N) is 2. The molecule has 1 aromatic rings. The lowest BCUT2D eigenvalue weighted by molar-refractivity contribution is -0.140. The summed E-state index contributed by atoms with van der Waals surface area (Å²) in [5, 5.41) is 8.50. The minimum absolute atomic E-state index is 0.459. The van der Waals surface area contributed by atoms with E-state index in [4.69, 9.17) is 5.26 Å². The molecule has 0 fully saturated rings. The molecule has 0 N–H and O–H groups in total. The summed E-state index contributed by atoms with van der Waals surface area (Å²) in [6.45, 7) is 0. The molecule has 0 radical (unpaired) electrons. The van der Waals surface area contributed by atoms with E-state index < -0.39 is 41.0 Å². The van der Waals surface area contributed by atoms with Crippen molar-refractivity contribution >= 4 is 5.97 Å². The smallest absolute Gasteiger partial charge is 0.419 e. The van der Waals surface area contributed by atoms with Crippen molar-refractivity contribution in [3.05, 3.63) is 28.6 Å². The molecule has 0 amide bonds. The highest BCUT2D eigenvalue weighted by atomic mass is 19.4. The minimum Gasteiger partial charge on any atom is -0.465 e. The Morgan fingerprint density at radius 3 is 2.42 bits per heavy atom. The van der Waals surface area contributed by atoms with Gasteiger partial charge in [0.05, 0.1) is 12.7 Å². The molecule has 19 heavy (non-hydrogen) atoms. The lowest BCUT2D eigenvalue weighted by Gasteiger charge is -2.15. The van der Waals surface area contributed by atoms with Gasteiger partial charge in [0.15, 0.2) is 5.69 Å². The molecule has 0 saturated carbocycles. The first kappa shape index (κ1) is 14.8. The third kappa shape index (κ3) is 2.78. The third-order valence-electron chi connectivity index (χ3n) is 2.13. The summed E-state index contributed by atoms with van der Waals surface area (Å²) in [4.78, 5) is 14.2. The number of esters is 1. The SMILES string of the molecule is COC(=O)c1cnc(C#N)c(C(F)(F)F)c1C(F)F. The monoisotopic (exact) mass is 280 g/mol. The summed E-state index contributed by atoms with van der Waals surface area (Å²) < 4.78 is 67.9. The molecule has 0 bridgehead atoms. The van der Waals surface area contributed by atoms with Crippen molar-refractivity contribution < 1.29 is 31.5 Å². The van der Waals surface area contributed by atoms with E-state index in [1.807, 2.05) is 0 Å². The Morgan fingerprint density at radius 2 is 2.05 bits per heavy atom. The van der Waals surface area contributed by atoms with Gasteiger partial charge in [-0.25, -0.2) is 18.6 Å². The second kappa shape index (κ2) is 5.17. The molecule has 4 nitrogen and oxygen atoms in total. The molecule has 0 aliphatic carbocycles. The zero-order chi connectivity index (χ0) is 14.8. The number of alkyl halides is 5. The molecule has 0 aliphatic heterocycles. The Hall–Kier alpha value is -2.24. The van der Waals surface area contributed by atoms with Gasteiger partial charge < -0.3 is 4.74 Å². The molecule has 9 heteroatoms. The van der Waals surface area contributed by atoms with Crippen molar-refractivity contribution in [3.8, 4) is 6.07 Å². The molecular formula is C10H5F5N2O2. The maximum absolute atomic E-state index is 12.8. The third-order valence-corrected chi connectivity index (χ3v) is 2.13. The maximum Gasteiger partial charge on any atom is 0.419 e. The molecular weight excluding hydrogens is 275 g/mol. The van der Waals surface area contributed by atoms with Crippen LogP contribution in [0, 0.1) is 11.3 Å². The van der Waals surface area contributed by atoms with E-state index in [2.05, 4.69) is 9.72 Å². The molecule has 0 saturated heterocycles. The van der Waals surface area contributed by atoms with Crippen molar-refractivity contribution in [2.45, 2.75) is 12.6 Å². The topological polar surface area (TPSA) is 63.0 Å². The highest BCUT2D eigenvalue weighted by Gasteiger charge is 2.42. The second-order valence-corrected chi connectivity index (χ2v) is 3.21. The fourth-order valence-corrected chi connectivity index (χ4v) is 1.40. The van der Waals surface area contributed by atoms with E-state index in [-0.39, 0.29) is 0 Å². The number of halogens is 5. The van der Waals surface area contributed by atoms with Gasteiger partial charge in [0.1, 0.15) is 11.6 Å².